The summed E-state index contributed by atoms with van der Waals surface area (Å²) < 4.78 is 4.98. The maximum absolute atomic E-state index is 11.4. The van der Waals surface area contributed by atoms with Crippen LogP contribution in [0.25, 0.3) is 0 Å². The molecule has 1 atom stereocenters. The first-order valence-corrected chi connectivity index (χ1v) is 4.39. The van der Waals surface area contributed by atoms with Crippen molar-refractivity contribution >= 4 is 11.8 Å². The van der Waals surface area contributed by atoms with Gasteiger partial charge >= 0.3 is 5.97 Å². The summed E-state index contributed by atoms with van der Waals surface area (Å²) in [6.45, 7) is 3.11. The Morgan fingerprint density at radius 2 is 2.36 bits per heavy atom. The number of ketones is 1. The second kappa shape index (κ2) is 4.10. The van der Waals surface area contributed by atoms with Crippen LogP contribution in [0.15, 0.2) is 11.1 Å². The fraction of sp³-hybridized carbons (Fsp3) is 0.455. The van der Waals surface area contributed by atoms with Crippen LogP contribution < -0.4 is 0 Å². The van der Waals surface area contributed by atoms with Gasteiger partial charge in [-0.15, -0.1) is 12.3 Å². The summed E-state index contributed by atoms with van der Waals surface area (Å²) in [5.41, 5.74) is 1.42. The first kappa shape index (κ1) is 10.5. The van der Waals surface area contributed by atoms with Crippen LogP contribution in [0.3, 0.4) is 0 Å². The monoisotopic (exact) mass is 192 g/mol. The van der Waals surface area contributed by atoms with Gasteiger partial charge in [-0.3, -0.25) is 9.59 Å². The maximum Gasteiger partial charge on any atom is 0.303 e. The Labute approximate surface area is 83.1 Å². The number of esters is 1. The predicted molar refractivity (Wildman–Crippen MR) is 51.3 cm³/mol. The number of hydrogen-bond acceptors (Lipinski definition) is 3. The Hall–Kier alpha value is -1.56. The van der Waals surface area contributed by atoms with Gasteiger partial charge in [-0.1, -0.05) is 0 Å². The second-order valence-corrected chi connectivity index (χ2v) is 3.27. The number of rotatable bonds is 2. The van der Waals surface area contributed by atoms with Crippen molar-refractivity contribution < 1.29 is 14.3 Å². The van der Waals surface area contributed by atoms with Crippen LogP contribution in [0.4, 0.5) is 0 Å². The number of carbonyl (C=O) groups is 2. The molecule has 0 amide bonds. The molecule has 1 rings (SSSR count). The summed E-state index contributed by atoms with van der Waals surface area (Å²) in [7, 11) is 0. The van der Waals surface area contributed by atoms with E-state index in [0.717, 1.165) is 5.57 Å². The quantitative estimate of drug-likeness (QED) is 0.488. The van der Waals surface area contributed by atoms with Crippen LogP contribution in [0.1, 0.15) is 26.7 Å². The summed E-state index contributed by atoms with van der Waals surface area (Å²) in [5, 5.41) is 0. The van der Waals surface area contributed by atoms with Crippen molar-refractivity contribution in [2.45, 2.75) is 32.8 Å². The molecule has 0 spiro atoms. The fourth-order valence-electron chi connectivity index (χ4n) is 1.53. The van der Waals surface area contributed by atoms with Gasteiger partial charge in [0, 0.05) is 18.9 Å². The number of allylic oxidation sites excluding steroid dienone is 1. The van der Waals surface area contributed by atoms with Gasteiger partial charge in [0.2, 0.25) is 0 Å². The van der Waals surface area contributed by atoms with E-state index in [1.165, 1.54) is 6.92 Å². The lowest BCUT2D eigenvalue weighted by Crippen LogP contribution is -2.15. The topological polar surface area (TPSA) is 43.4 Å². The zero-order valence-corrected chi connectivity index (χ0v) is 8.29. The lowest BCUT2D eigenvalue weighted by atomic mass is 10.1. The van der Waals surface area contributed by atoms with E-state index in [9.17, 15) is 9.59 Å². The van der Waals surface area contributed by atoms with E-state index in [-0.39, 0.29) is 18.2 Å². The minimum Gasteiger partial charge on any atom is -0.458 e. The van der Waals surface area contributed by atoms with E-state index in [1.807, 2.05) is 0 Å². The first-order valence-electron chi connectivity index (χ1n) is 4.39. The largest absolute Gasteiger partial charge is 0.458 e. The van der Waals surface area contributed by atoms with Crippen molar-refractivity contribution in [3.05, 3.63) is 11.1 Å². The molecule has 0 saturated carbocycles. The summed E-state index contributed by atoms with van der Waals surface area (Å²) >= 11 is 0. The molecule has 0 bridgehead atoms. The maximum atomic E-state index is 11.4. The number of hydrogen-bond donors (Lipinski definition) is 0. The van der Waals surface area contributed by atoms with Crippen LogP contribution in [0.2, 0.25) is 0 Å². The van der Waals surface area contributed by atoms with E-state index in [2.05, 4.69) is 5.92 Å². The number of ether oxygens (including phenoxy) is 1. The van der Waals surface area contributed by atoms with Crippen molar-refractivity contribution in [3.8, 4) is 12.3 Å². The average molecular weight is 192 g/mol. The molecule has 0 radical (unpaired) electrons. The van der Waals surface area contributed by atoms with Gasteiger partial charge < -0.3 is 4.74 Å². The van der Waals surface area contributed by atoms with Gasteiger partial charge in [0.25, 0.3) is 0 Å². The molecule has 0 unspecified atom stereocenters. The van der Waals surface area contributed by atoms with Crippen molar-refractivity contribution in [3.63, 3.8) is 0 Å². The summed E-state index contributed by atoms with van der Waals surface area (Å²) in [5.74, 6) is 2.05. The minimum absolute atomic E-state index is 0.00769. The van der Waals surface area contributed by atoms with Crippen molar-refractivity contribution in [1.82, 2.24) is 0 Å². The molecule has 74 valence electrons. The molecule has 0 heterocycles. The van der Waals surface area contributed by atoms with Gasteiger partial charge in [-0.2, -0.15) is 0 Å². The SMILES string of the molecule is C#CCC1=C(C)[C@@H](OC(C)=O)CC1=O. The third-order valence-electron chi connectivity index (χ3n) is 2.25. The fourth-order valence-corrected chi connectivity index (χ4v) is 1.53. The minimum atomic E-state index is -0.400. The zero-order chi connectivity index (χ0) is 10.7. The lowest BCUT2D eigenvalue weighted by Gasteiger charge is -2.10. The first-order chi connectivity index (χ1) is 6.56. The van der Waals surface area contributed by atoms with Crippen LogP contribution in [0, 0.1) is 12.3 Å². The zero-order valence-electron chi connectivity index (χ0n) is 8.29. The molecule has 1 aliphatic carbocycles. The van der Waals surface area contributed by atoms with Crippen LogP contribution in [-0.4, -0.2) is 17.9 Å². The highest BCUT2D eigenvalue weighted by Crippen LogP contribution is 2.27. The van der Waals surface area contributed by atoms with E-state index in [0.29, 0.717) is 12.0 Å². The lowest BCUT2D eigenvalue weighted by molar-refractivity contribution is -0.144. The molecule has 0 aromatic heterocycles. The standard InChI is InChI=1S/C11H12O3/c1-4-5-9-7(2)11(6-10(9)13)14-8(3)12/h1,11H,5-6H2,2-3H3/t11-/m0/s1. The van der Waals surface area contributed by atoms with Gasteiger partial charge in [0.15, 0.2) is 5.78 Å². The normalized spacial score (nSPS) is 20.9. The average Bonchev–Trinajstić information content (AvgIpc) is 2.32. The Morgan fingerprint density at radius 1 is 1.71 bits per heavy atom. The van der Waals surface area contributed by atoms with E-state index in [4.69, 9.17) is 11.2 Å². The Bertz CT molecular complexity index is 344. The second-order valence-electron chi connectivity index (χ2n) is 3.27. The molecule has 0 aromatic carbocycles. The van der Waals surface area contributed by atoms with Crippen LogP contribution in [0.5, 0.6) is 0 Å². The molecule has 0 aromatic rings. The van der Waals surface area contributed by atoms with E-state index < -0.39 is 6.10 Å². The summed E-state index contributed by atoms with van der Waals surface area (Å²) in [4.78, 5) is 22.1. The van der Waals surface area contributed by atoms with Gasteiger partial charge in [0.1, 0.15) is 6.10 Å². The summed E-state index contributed by atoms with van der Waals surface area (Å²) in [6.07, 6.45) is 5.30. The van der Waals surface area contributed by atoms with Crippen molar-refractivity contribution in [1.29, 1.82) is 0 Å². The summed E-state index contributed by atoms with van der Waals surface area (Å²) in [6, 6.07) is 0. The third kappa shape index (κ3) is 2.02. The smallest absolute Gasteiger partial charge is 0.303 e. The molecular formula is C11H12O3. The molecule has 1 aliphatic rings. The van der Waals surface area contributed by atoms with Crippen molar-refractivity contribution in [2.24, 2.45) is 0 Å². The highest BCUT2D eigenvalue weighted by molar-refractivity contribution is 6.00. The molecule has 0 N–H and O–H groups in total. The highest BCUT2D eigenvalue weighted by Gasteiger charge is 2.30. The Kier molecular flexibility index (Phi) is 3.08. The molecule has 0 saturated heterocycles. The van der Waals surface area contributed by atoms with Crippen LogP contribution in [-0.2, 0) is 14.3 Å². The van der Waals surface area contributed by atoms with E-state index in [1.54, 1.807) is 6.92 Å². The molecule has 0 aliphatic heterocycles. The highest BCUT2D eigenvalue weighted by atomic mass is 16.5. The molecule has 14 heavy (non-hydrogen) atoms. The number of terminal acetylenes is 1. The predicted octanol–water partition coefficient (Wildman–Crippen LogP) is 1.23. The van der Waals surface area contributed by atoms with Gasteiger partial charge in [-0.25, -0.2) is 0 Å². The molecule has 3 heteroatoms. The Morgan fingerprint density at radius 3 is 2.86 bits per heavy atom. The number of Topliss-reactive ketones (excluding diaryl/α,β-unsaturated/α-hetero) is 1. The Balaban J connectivity index is 2.82. The van der Waals surface area contributed by atoms with E-state index >= 15 is 0 Å². The molecular weight excluding hydrogens is 180 g/mol. The van der Waals surface area contributed by atoms with Gasteiger partial charge in [-0.05, 0) is 12.5 Å². The molecule has 0 fully saturated rings. The van der Waals surface area contributed by atoms with Crippen LogP contribution >= 0.6 is 0 Å². The third-order valence-corrected chi connectivity index (χ3v) is 2.25. The van der Waals surface area contributed by atoms with Crippen molar-refractivity contribution in [2.75, 3.05) is 0 Å². The molecule has 3 nitrogen and oxygen atoms in total. The number of carbonyl (C=O) groups excluding carboxylic acids is 2. The van der Waals surface area contributed by atoms with Gasteiger partial charge in [0.05, 0.1) is 6.42 Å².